The van der Waals surface area contributed by atoms with Gasteiger partial charge in [0.25, 0.3) is 0 Å². The molecule has 108 valence electrons. The van der Waals surface area contributed by atoms with Crippen LogP contribution in [0.2, 0.25) is 0 Å². The van der Waals surface area contributed by atoms with Crippen molar-refractivity contribution < 1.29 is 19.7 Å². The molecular formula is C14H13N3O4. The summed E-state index contributed by atoms with van der Waals surface area (Å²) >= 11 is 0. The fourth-order valence-electron chi connectivity index (χ4n) is 1.71. The van der Waals surface area contributed by atoms with Gasteiger partial charge in [-0.3, -0.25) is 9.88 Å². The van der Waals surface area contributed by atoms with Crippen molar-refractivity contribution >= 4 is 11.8 Å². The van der Waals surface area contributed by atoms with E-state index in [2.05, 4.69) is 5.32 Å². The summed E-state index contributed by atoms with van der Waals surface area (Å²) < 4.78 is 5.93. The number of aromatic nitrogens is 1. The quantitative estimate of drug-likeness (QED) is 0.798. The third-order valence-corrected chi connectivity index (χ3v) is 2.72. The second-order valence-electron chi connectivity index (χ2n) is 4.17. The van der Waals surface area contributed by atoms with Gasteiger partial charge >= 0.3 is 6.09 Å². The Bertz CT molecular complexity index is 674. The highest BCUT2D eigenvalue weighted by molar-refractivity contribution is 5.86. The Morgan fingerprint density at radius 1 is 1.33 bits per heavy atom. The zero-order valence-corrected chi connectivity index (χ0v) is 11.0. The molecule has 0 saturated carbocycles. The maximum atomic E-state index is 11.6. The van der Waals surface area contributed by atoms with Crippen LogP contribution < -0.4 is 5.32 Å². The fourth-order valence-corrected chi connectivity index (χ4v) is 1.71. The zero-order valence-electron chi connectivity index (χ0n) is 11.0. The van der Waals surface area contributed by atoms with Gasteiger partial charge in [0, 0.05) is 6.07 Å². The standard InChI is InChI=1S/C14H13N3O4/c15-6-7-17-12(18)8-11(13(17)19)16-14(20)21-9-10-4-2-1-3-5-10/h1-5,8,18-19H,7,9H2,(H,16,20). The number of carbonyl (C=O) groups excluding carboxylic acids is 1. The number of benzene rings is 1. The predicted molar refractivity (Wildman–Crippen MR) is 73.6 cm³/mol. The highest BCUT2D eigenvalue weighted by Gasteiger charge is 2.16. The summed E-state index contributed by atoms with van der Waals surface area (Å²) in [6, 6.07) is 12.0. The van der Waals surface area contributed by atoms with Crippen LogP contribution in [0, 0.1) is 11.3 Å². The predicted octanol–water partition coefficient (Wildman–Crippen LogP) is 2.17. The molecule has 7 heteroatoms. The SMILES string of the molecule is N#CCn1c(O)cc(NC(=O)OCc2ccccc2)c1O. The van der Waals surface area contributed by atoms with Crippen molar-refractivity contribution in [3.8, 4) is 17.8 Å². The molecular weight excluding hydrogens is 274 g/mol. The minimum Gasteiger partial charge on any atom is -0.494 e. The molecule has 0 atom stereocenters. The highest BCUT2D eigenvalue weighted by Crippen LogP contribution is 2.32. The van der Waals surface area contributed by atoms with E-state index in [9.17, 15) is 15.0 Å². The van der Waals surface area contributed by atoms with Crippen LogP contribution in [-0.2, 0) is 17.9 Å². The summed E-state index contributed by atoms with van der Waals surface area (Å²) in [5.74, 6) is -0.738. The zero-order chi connectivity index (χ0) is 15.2. The molecule has 1 amide bonds. The van der Waals surface area contributed by atoms with E-state index in [0.717, 1.165) is 16.2 Å². The first-order chi connectivity index (χ1) is 10.1. The molecule has 0 spiro atoms. The van der Waals surface area contributed by atoms with Gasteiger partial charge in [0.2, 0.25) is 5.88 Å². The largest absolute Gasteiger partial charge is 0.494 e. The summed E-state index contributed by atoms with van der Waals surface area (Å²) in [5.41, 5.74) is 0.794. The summed E-state index contributed by atoms with van der Waals surface area (Å²) in [4.78, 5) is 11.6. The molecule has 2 rings (SSSR count). The van der Waals surface area contributed by atoms with Crippen LogP contribution in [0.4, 0.5) is 10.5 Å². The maximum Gasteiger partial charge on any atom is 0.412 e. The lowest BCUT2D eigenvalue weighted by Gasteiger charge is -2.06. The molecule has 21 heavy (non-hydrogen) atoms. The Morgan fingerprint density at radius 2 is 2.05 bits per heavy atom. The fraction of sp³-hybridized carbons (Fsp3) is 0.143. The molecule has 1 heterocycles. The number of anilines is 1. The third-order valence-electron chi connectivity index (χ3n) is 2.72. The van der Waals surface area contributed by atoms with Crippen molar-refractivity contribution in [1.82, 2.24) is 4.57 Å². The lowest BCUT2D eigenvalue weighted by Crippen LogP contribution is -2.13. The van der Waals surface area contributed by atoms with Crippen LogP contribution >= 0.6 is 0 Å². The lowest BCUT2D eigenvalue weighted by atomic mass is 10.2. The molecule has 0 unspecified atom stereocenters. The molecule has 1 aromatic heterocycles. The first kappa shape index (κ1) is 14.3. The van der Waals surface area contributed by atoms with Gasteiger partial charge in [-0.1, -0.05) is 30.3 Å². The summed E-state index contributed by atoms with van der Waals surface area (Å²) in [6.07, 6.45) is -0.775. The Hall–Kier alpha value is -3.14. The van der Waals surface area contributed by atoms with E-state index in [0.29, 0.717) is 0 Å². The monoisotopic (exact) mass is 287 g/mol. The Kier molecular flexibility index (Phi) is 4.31. The lowest BCUT2D eigenvalue weighted by molar-refractivity contribution is 0.155. The Morgan fingerprint density at radius 3 is 2.71 bits per heavy atom. The second kappa shape index (κ2) is 6.34. The van der Waals surface area contributed by atoms with Crippen LogP contribution in [0.25, 0.3) is 0 Å². The second-order valence-corrected chi connectivity index (χ2v) is 4.17. The summed E-state index contributed by atoms with van der Waals surface area (Å²) in [7, 11) is 0. The molecule has 3 N–H and O–H groups in total. The molecule has 0 aliphatic rings. The Balaban J connectivity index is 1.97. The number of ether oxygens (including phenoxy) is 1. The number of hydrogen-bond donors (Lipinski definition) is 3. The molecule has 2 aromatic rings. The third kappa shape index (κ3) is 3.45. The average Bonchev–Trinajstić information content (AvgIpc) is 2.74. The number of rotatable bonds is 4. The van der Waals surface area contributed by atoms with Crippen molar-refractivity contribution in [2.24, 2.45) is 0 Å². The van der Waals surface area contributed by atoms with Gasteiger partial charge in [-0.2, -0.15) is 5.26 Å². The van der Waals surface area contributed by atoms with Gasteiger partial charge in [-0.25, -0.2) is 4.79 Å². The van der Waals surface area contributed by atoms with E-state index >= 15 is 0 Å². The van der Waals surface area contributed by atoms with E-state index in [-0.39, 0.29) is 24.7 Å². The highest BCUT2D eigenvalue weighted by atomic mass is 16.5. The molecule has 7 nitrogen and oxygen atoms in total. The van der Waals surface area contributed by atoms with Crippen LogP contribution in [0.3, 0.4) is 0 Å². The van der Waals surface area contributed by atoms with E-state index < -0.39 is 12.0 Å². The van der Waals surface area contributed by atoms with E-state index in [1.165, 1.54) is 0 Å². The van der Waals surface area contributed by atoms with Gasteiger partial charge in [0.05, 0.1) is 6.07 Å². The normalized spacial score (nSPS) is 9.86. The van der Waals surface area contributed by atoms with Gasteiger partial charge in [-0.05, 0) is 5.56 Å². The minimum absolute atomic E-state index is 0.0270. The van der Waals surface area contributed by atoms with Gasteiger partial charge in [0.15, 0.2) is 5.88 Å². The van der Waals surface area contributed by atoms with Gasteiger partial charge in [-0.15, -0.1) is 0 Å². The van der Waals surface area contributed by atoms with Crippen molar-refractivity contribution in [3.05, 3.63) is 42.0 Å². The van der Waals surface area contributed by atoms with Crippen LogP contribution in [0.15, 0.2) is 36.4 Å². The van der Waals surface area contributed by atoms with E-state index in [1.807, 2.05) is 18.2 Å². The van der Waals surface area contributed by atoms with Crippen LogP contribution in [0.1, 0.15) is 5.56 Å². The number of nitriles is 1. The number of aromatic hydroxyl groups is 2. The number of nitrogens with zero attached hydrogens (tertiary/aromatic N) is 2. The van der Waals surface area contributed by atoms with Crippen LogP contribution in [-0.4, -0.2) is 20.9 Å². The molecule has 0 radical (unpaired) electrons. The Labute approximate surface area is 120 Å². The average molecular weight is 287 g/mol. The van der Waals surface area contributed by atoms with E-state index in [4.69, 9.17) is 10.00 Å². The van der Waals surface area contributed by atoms with Gasteiger partial charge in [0.1, 0.15) is 18.8 Å². The molecule has 0 saturated heterocycles. The van der Waals surface area contributed by atoms with Gasteiger partial charge < -0.3 is 14.9 Å². The molecule has 0 aliphatic carbocycles. The first-order valence-corrected chi connectivity index (χ1v) is 6.08. The molecule has 0 bridgehead atoms. The summed E-state index contributed by atoms with van der Waals surface area (Å²) in [6.45, 7) is -0.156. The molecule has 1 aromatic carbocycles. The topological polar surface area (TPSA) is 108 Å². The minimum atomic E-state index is -0.775. The number of amides is 1. The van der Waals surface area contributed by atoms with Crippen molar-refractivity contribution in [2.45, 2.75) is 13.2 Å². The van der Waals surface area contributed by atoms with Crippen molar-refractivity contribution in [3.63, 3.8) is 0 Å². The number of hydrogen-bond acceptors (Lipinski definition) is 5. The van der Waals surface area contributed by atoms with E-state index in [1.54, 1.807) is 18.2 Å². The van der Waals surface area contributed by atoms with Crippen molar-refractivity contribution in [1.29, 1.82) is 5.26 Å². The molecule has 0 aliphatic heterocycles. The molecule has 0 fully saturated rings. The smallest absolute Gasteiger partial charge is 0.412 e. The first-order valence-electron chi connectivity index (χ1n) is 6.08. The van der Waals surface area contributed by atoms with Crippen LogP contribution in [0.5, 0.6) is 11.8 Å². The number of carbonyl (C=O) groups is 1. The van der Waals surface area contributed by atoms with Crippen molar-refractivity contribution in [2.75, 3.05) is 5.32 Å². The number of nitrogens with one attached hydrogen (secondary N) is 1. The summed E-state index contributed by atoms with van der Waals surface area (Å²) in [5, 5.41) is 30.1. The maximum absolute atomic E-state index is 11.6.